The molecule has 0 amide bonds. The molecule has 0 N–H and O–H groups in total. The predicted octanol–water partition coefficient (Wildman–Crippen LogP) is 2.42. The minimum atomic E-state index is -0.305. The van der Waals surface area contributed by atoms with Crippen molar-refractivity contribution in [2.75, 3.05) is 25.6 Å². The van der Waals surface area contributed by atoms with Crippen molar-refractivity contribution in [1.29, 1.82) is 0 Å². The van der Waals surface area contributed by atoms with E-state index >= 15 is 0 Å². The lowest BCUT2D eigenvalue weighted by Gasteiger charge is -2.13. The second kappa shape index (κ2) is 6.43. The Morgan fingerprint density at radius 1 is 1.29 bits per heavy atom. The molecule has 21 heavy (non-hydrogen) atoms. The first-order valence-electron chi connectivity index (χ1n) is 6.93. The highest BCUT2D eigenvalue weighted by molar-refractivity contribution is 5.90. The fourth-order valence-electron chi connectivity index (χ4n) is 2.12. The maximum atomic E-state index is 12.0. The molecule has 0 saturated carbocycles. The van der Waals surface area contributed by atoms with Crippen molar-refractivity contribution in [2.45, 2.75) is 20.4 Å². The van der Waals surface area contributed by atoms with Gasteiger partial charge in [-0.15, -0.1) is 0 Å². The third-order valence-corrected chi connectivity index (χ3v) is 3.24. The van der Waals surface area contributed by atoms with Gasteiger partial charge in [-0.05, 0) is 38.1 Å². The van der Waals surface area contributed by atoms with Crippen molar-refractivity contribution in [1.82, 2.24) is 9.78 Å². The molecule has 1 aromatic carbocycles. The van der Waals surface area contributed by atoms with Crippen molar-refractivity contribution in [3.8, 4) is 0 Å². The Labute approximate surface area is 125 Å². The number of benzene rings is 1. The molecule has 0 fully saturated rings. The van der Waals surface area contributed by atoms with Crippen LogP contribution in [0.15, 0.2) is 30.3 Å². The van der Waals surface area contributed by atoms with Crippen molar-refractivity contribution in [3.05, 3.63) is 47.3 Å². The second-order valence-electron chi connectivity index (χ2n) is 5.23. The summed E-state index contributed by atoms with van der Waals surface area (Å²) < 4.78 is 7.16. The SMILES string of the molecule is Cc1cc(C)n(CCOC(=O)c2cccc(N(C)C)c2)n1. The minimum Gasteiger partial charge on any atom is -0.460 e. The van der Waals surface area contributed by atoms with Crippen LogP contribution < -0.4 is 4.90 Å². The summed E-state index contributed by atoms with van der Waals surface area (Å²) in [5, 5.41) is 4.34. The van der Waals surface area contributed by atoms with Crippen LogP contribution >= 0.6 is 0 Å². The van der Waals surface area contributed by atoms with Crippen LogP contribution in [-0.2, 0) is 11.3 Å². The number of carbonyl (C=O) groups is 1. The third kappa shape index (κ3) is 3.84. The average Bonchev–Trinajstić information content (AvgIpc) is 2.77. The van der Waals surface area contributed by atoms with Crippen molar-refractivity contribution < 1.29 is 9.53 Å². The maximum absolute atomic E-state index is 12.0. The lowest BCUT2D eigenvalue weighted by molar-refractivity contribution is 0.0487. The largest absolute Gasteiger partial charge is 0.460 e. The van der Waals surface area contributed by atoms with E-state index in [2.05, 4.69) is 5.10 Å². The Balaban J connectivity index is 1.93. The number of carbonyl (C=O) groups excluding carboxylic acids is 1. The van der Waals surface area contributed by atoms with Crippen LogP contribution in [0.2, 0.25) is 0 Å². The van der Waals surface area contributed by atoms with Crippen LogP contribution in [-0.4, -0.2) is 36.5 Å². The summed E-state index contributed by atoms with van der Waals surface area (Å²) in [6.45, 7) is 4.82. The standard InChI is InChI=1S/C16H21N3O2/c1-12-10-13(2)19(17-12)8-9-21-16(20)14-6-5-7-15(11-14)18(3)4/h5-7,10-11H,8-9H2,1-4H3. The van der Waals surface area contributed by atoms with Crippen LogP contribution in [0.1, 0.15) is 21.7 Å². The van der Waals surface area contributed by atoms with Gasteiger partial charge in [-0.3, -0.25) is 4.68 Å². The number of ether oxygens (including phenoxy) is 1. The number of hydrogen-bond acceptors (Lipinski definition) is 4. The zero-order valence-electron chi connectivity index (χ0n) is 13.0. The van der Waals surface area contributed by atoms with Crippen LogP contribution in [0.25, 0.3) is 0 Å². The Morgan fingerprint density at radius 2 is 2.05 bits per heavy atom. The Hall–Kier alpha value is -2.30. The monoisotopic (exact) mass is 287 g/mol. The molecule has 1 aromatic heterocycles. The molecular formula is C16H21N3O2. The Kier molecular flexibility index (Phi) is 4.62. The summed E-state index contributed by atoms with van der Waals surface area (Å²) in [5.41, 5.74) is 3.58. The van der Waals surface area contributed by atoms with Crippen LogP contribution in [0.3, 0.4) is 0 Å². The van der Waals surface area contributed by atoms with E-state index in [1.165, 1.54) is 0 Å². The fraction of sp³-hybridized carbons (Fsp3) is 0.375. The molecule has 1 heterocycles. The first-order chi connectivity index (χ1) is 9.97. The quantitative estimate of drug-likeness (QED) is 0.792. The number of hydrogen-bond donors (Lipinski definition) is 0. The van der Waals surface area contributed by atoms with E-state index in [0.29, 0.717) is 18.7 Å². The molecule has 0 saturated heterocycles. The van der Waals surface area contributed by atoms with Crippen molar-refractivity contribution in [2.24, 2.45) is 0 Å². The lowest BCUT2D eigenvalue weighted by atomic mass is 10.2. The summed E-state index contributed by atoms with van der Waals surface area (Å²) in [6.07, 6.45) is 0. The highest BCUT2D eigenvalue weighted by atomic mass is 16.5. The highest BCUT2D eigenvalue weighted by Gasteiger charge is 2.09. The number of anilines is 1. The first kappa shape index (κ1) is 15.1. The van der Waals surface area contributed by atoms with Crippen molar-refractivity contribution >= 4 is 11.7 Å². The van der Waals surface area contributed by atoms with E-state index in [4.69, 9.17) is 4.74 Å². The number of rotatable bonds is 5. The molecule has 0 atom stereocenters. The van der Waals surface area contributed by atoms with Gasteiger partial charge in [0, 0.05) is 25.5 Å². The molecule has 0 aliphatic carbocycles. The Bertz CT molecular complexity index is 632. The maximum Gasteiger partial charge on any atom is 0.338 e. The molecule has 0 spiro atoms. The smallest absolute Gasteiger partial charge is 0.338 e. The molecule has 0 bridgehead atoms. The van der Waals surface area contributed by atoms with E-state index < -0.39 is 0 Å². The van der Waals surface area contributed by atoms with Crippen LogP contribution in [0.5, 0.6) is 0 Å². The molecule has 5 nitrogen and oxygen atoms in total. The van der Waals surface area contributed by atoms with Crippen LogP contribution in [0.4, 0.5) is 5.69 Å². The minimum absolute atomic E-state index is 0.305. The van der Waals surface area contributed by atoms with Gasteiger partial charge in [0.1, 0.15) is 6.61 Å². The van der Waals surface area contributed by atoms with Gasteiger partial charge < -0.3 is 9.64 Å². The summed E-state index contributed by atoms with van der Waals surface area (Å²) in [5.74, 6) is -0.305. The number of nitrogens with zero attached hydrogens (tertiary/aromatic N) is 3. The predicted molar refractivity (Wildman–Crippen MR) is 82.8 cm³/mol. The molecular weight excluding hydrogens is 266 g/mol. The van der Waals surface area contributed by atoms with E-state index in [1.54, 1.807) is 6.07 Å². The number of aryl methyl sites for hydroxylation is 2. The topological polar surface area (TPSA) is 47.4 Å². The zero-order valence-corrected chi connectivity index (χ0v) is 13.0. The summed E-state index contributed by atoms with van der Waals surface area (Å²) in [4.78, 5) is 14.0. The van der Waals surface area contributed by atoms with E-state index in [0.717, 1.165) is 17.1 Å². The summed E-state index contributed by atoms with van der Waals surface area (Å²) >= 11 is 0. The second-order valence-corrected chi connectivity index (χ2v) is 5.23. The molecule has 0 aliphatic heterocycles. The van der Waals surface area contributed by atoms with Gasteiger partial charge in [0.25, 0.3) is 0 Å². The van der Waals surface area contributed by atoms with E-state index in [-0.39, 0.29) is 5.97 Å². The van der Waals surface area contributed by atoms with E-state index in [9.17, 15) is 4.79 Å². The molecule has 112 valence electrons. The van der Waals surface area contributed by atoms with Crippen molar-refractivity contribution in [3.63, 3.8) is 0 Å². The molecule has 0 radical (unpaired) electrons. The molecule has 0 aliphatic rings. The third-order valence-electron chi connectivity index (χ3n) is 3.24. The van der Waals surface area contributed by atoms with Gasteiger partial charge in [0.05, 0.1) is 17.8 Å². The normalized spacial score (nSPS) is 10.5. The fourth-order valence-corrected chi connectivity index (χ4v) is 2.12. The number of esters is 1. The van der Waals surface area contributed by atoms with Gasteiger partial charge >= 0.3 is 5.97 Å². The van der Waals surface area contributed by atoms with Gasteiger partial charge in [-0.25, -0.2) is 4.79 Å². The first-order valence-corrected chi connectivity index (χ1v) is 6.93. The van der Waals surface area contributed by atoms with Crippen LogP contribution in [0, 0.1) is 13.8 Å². The van der Waals surface area contributed by atoms with Gasteiger partial charge in [0.2, 0.25) is 0 Å². The number of aromatic nitrogens is 2. The average molecular weight is 287 g/mol. The molecule has 0 unspecified atom stereocenters. The molecule has 2 rings (SSSR count). The summed E-state index contributed by atoms with van der Waals surface area (Å²) in [6, 6.07) is 9.40. The zero-order chi connectivity index (χ0) is 15.4. The van der Waals surface area contributed by atoms with E-state index in [1.807, 2.05) is 61.8 Å². The molecule has 2 aromatic rings. The lowest BCUT2D eigenvalue weighted by Crippen LogP contribution is -2.14. The summed E-state index contributed by atoms with van der Waals surface area (Å²) in [7, 11) is 3.88. The van der Waals surface area contributed by atoms with Gasteiger partial charge in [0.15, 0.2) is 0 Å². The molecule has 5 heteroatoms. The van der Waals surface area contributed by atoms with Gasteiger partial charge in [-0.2, -0.15) is 5.10 Å². The highest BCUT2D eigenvalue weighted by Crippen LogP contribution is 2.14. The Morgan fingerprint density at radius 3 is 2.67 bits per heavy atom. The van der Waals surface area contributed by atoms with Gasteiger partial charge in [-0.1, -0.05) is 6.07 Å².